The van der Waals surface area contributed by atoms with Crippen LogP contribution in [0.4, 0.5) is 0 Å². The van der Waals surface area contributed by atoms with Crippen LogP contribution in [0.3, 0.4) is 0 Å². The molecule has 0 atom stereocenters. The van der Waals surface area contributed by atoms with E-state index in [2.05, 4.69) is 137 Å². The molecule has 6 rings (SSSR count). The average molecular weight is 790 g/mol. The summed E-state index contributed by atoms with van der Waals surface area (Å²) in [5.41, 5.74) is 9.99. The SMILES string of the molecule is OCCCC1(CCC2(CCCO)c3cc(Br)ccc3-c3ccc(Br)cc32)c2cc(Br)ccc2-c2ccc(Br)cc21. The summed E-state index contributed by atoms with van der Waals surface area (Å²) < 4.78 is 4.30. The predicted molar refractivity (Wildman–Crippen MR) is 178 cm³/mol. The highest BCUT2D eigenvalue weighted by atomic mass is 79.9. The molecule has 0 amide bonds. The molecule has 0 unspecified atom stereocenters. The van der Waals surface area contributed by atoms with E-state index in [0.29, 0.717) is 0 Å². The Morgan fingerprint density at radius 2 is 0.700 bits per heavy atom. The van der Waals surface area contributed by atoms with Crippen molar-refractivity contribution >= 4 is 63.7 Å². The zero-order valence-electron chi connectivity index (χ0n) is 22.0. The summed E-state index contributed by atoms with van der Waals surface area (Å²) in [6, 6.07) is 26.7. The van der Waals surface area contributed by atoms with E-state index in [0.717, 1.165) is 56.4 Å². The lowest BCUT2D eigenvalue weighted by Gasteiger charge is -2.39. The van der Waals surface area contributed by atoms with E-state index in [4.69, 9.17) is 0 Å². The maximum Gasteiger partial charge on any atom is 0.0431 e. The van der Waals surface area contributed by atoms with E-state index in [9.17, 15) is 10.2 Å². The van der Waals surface area contributed by atoms with Crippen molar-refractivity contribution in [1.29, 1.82) is 0 Å². The van der Waals surface area contributed by atoms with Gasteiger partial charge in [-0.3, -0.25) is 0 Å². The summed E-state index contributed by atoms with van der Waals surface area (Å²) >= 11 is 15.1. The second kappa shape index (κ2) is 11.4. The predicted octanol–water partition coefficient (Wildman–Crippen LogP) is 10.3. The molecule has 6 heteroatoms. The number of hydrogen-bond donors (Lipinski definition) is 2. The molecule has 0 saturated carbocycles. The van der Waals surface area contributed by atoms with Crippen molar-refractivity contribution in [3.63, 3.8) is 0 Å². The molecule has 4 aromatic carbocycles. The van der Waals surface area contributed by atoms with Crippen LogP contribution in [0.25, 0.3) is 22.3 Å². The summed E-state index contributed by atoms with van der Waals surface area (Å²) in [5.74, 6) is 0. The van der Waals surface area contributed by atoms with Crippen LogP contribution in [0.2, 0.25) is 0 Å². The Morgan fingerprint density at radius 1 is 0.425 bits per heavy atom. The molecule has 0 saturated heterocycles. The van der Waals surface area contributed by atoms with E-state index in [-0.39, 0.29) is 24.0 Å². The number of hydrogen-bond acceptors (Lipinski definition) is 2. The molecule has 0 aromatic heterocycles. The van der Waals surface area contributed by atoms with Gasteiger partial charge in [0.1, 0.15) is 0 Å². The first kappa shape index (κ1) is 28.8. The van der Waals surface area contributed by atoms with Gasteiger partial charge < -0.3 is 10.2 Å². The van der Waals surface area contributed by atoms with Crippen molar-refractivity contribution in [2.75, 3.05) is 13.2 Å². The molecule has 0 spiro atoms. The first-order valence-corrected chi connectivity index (χ1v) is 16.9. The Kier molecular flexibility index (Phi) is 8.23. The third-order valence-electron chi connectivity index (χ3n) is 9.07. The average Bonchev–Trinajstić information content (AvgIpc) is 3.35. The highest BCUT2D eigenvalue weighted by molar-refractivity contribution is 9.11. The van der Waals surface area contributed by atoms with Crippen molar-refractivity contribution in [1.82, 2.24) is 0 Å². The van der Waals surface area contributed by atoms with Crippen molar-refractivity contribution in [3.8, 4) is 22.3 Å². The van der Waals surface area contributed by atoms with Crippen LogP contribution < -0.4 is 0 Å². The van der Waals surface area contributed by atoms with Crippen molar-refractivity contribution < 1.29 is 10.2 Å². The zero-order valence-corrected chi connectivity index (χ0v) is 28.3. The third-order valence-corrected chi connectivity index (χ3v) is 11.0. The van der Waals surface area contributed by atoms with Gasteiger partial charge in [0.15, 0.2) is 0 Å². The molecule has 0 heterocycles. The van der Waals surface area contributed by atoms with Gasteiger partial charge >= 0.3 is 0 Å². The van der Waals surface area contributed by atoms with Crippen LogP contribution in [0.1, 0.15) is 60.8 Å². The van der Waals surface area contributed by atoms with Crippen molar-refractivity contribution in [3.05, 3.63) is 113 Å². The van der Waals surface area contributed by atoms with Crippen molar-refractivity contribution in [2.24, 2.45) is 0 Å². The lowest BCUT2D eigenvalue weighted by Crippen LogP contribution is -2.32. The standard InChI is InChI=1S/C34H30Br4O2/c35-21-3-7-25-26-8-4-22(36)18-30(26)33(11-1-15-39,29(25)17-21)13-14-34(12-2-16-40)31-19-23(37)5-9-27(31)28-10-6-24(38)20-32(28)34/h3-10,17-20,39-40H,1-2,11-16H2. The minimum absolute atomic E-state index is 0.162. The zero-order chi connectivity index (χ0) is 28.1. The van der Waals surface area contributed by atoms with Gasteiger partial charge in [-0.05, 0) is 132 Å². The molecule has 0 radical (unpaired) electrons. The van der Waals surface area contributed by atoms with Gasteiger partial charge in [0, 0.05) is 41.9 Å². The Balaban J connectivity index is 1.56. The lowest BCUT2D eigenvalue weighted by atomic mass is 9.64. The molecule has 4 aromatic rings. The molecule has 0 aliphatic heterocycles. The minimum atomic E-state index is -0.242. The maximum atomic E-state index is 10.1. The summed E-state index contributed by atoms with van der Waals surface area (Å²) in [6.07, 6.45) is 5.02. The fraction of sp³-hybridized carbons (Fsp3) is 0.294. The molecule has 2 aliphatic carbocycles. The first-order valence-electron chi connectivity index (χ1n) is 13.8. The molecule has 40 heavy (non-hydrogen) atoms. The highest BCUT2D eigenvalue weighted by Gasteiger charge is 2.48. The van der Waals surface area contributed by atoms with Gasteiger partial charge in [0.25, 0.3) is 0 Å². The summed E-state index contributed by atoms with van der Waals surface area (Å²) in [6.45, 7) is 0.325. The molecular formula is C34H30Br4O2. The fourth-order valence-electron chi connectivity index (χ4n) is 7.40. The number of rotatable bonds is 9. The molecular weight excluding hydrogens is 760 g/mol. The molecule has 206 valence electrons. The van der Waals surface area contributed by atoms with Gasteiger partial charge in [-0.15, -0.1) is 0 Å². The Morgan fingerprint density at radius 3 is 0.950 bits per heavy atom. The topological polar surface area (TPSA) is 40.5 Å². The summed E-state index contributed by atoms with van der Waals surface area (Å²) in [4.78, 5) is 0. The van der Waals surface area contributed by atoms with E-state index in [1.54, 1.807) is 0 Å². The van der Waals surface area contributed by atoms with Crippen LogP contribution in [0.5, 0.6) is 0 Å². The van der Waals surface area contributed by atoms with Crippen molar-refractivity contribution in [2.45, 2.75) is 49.4 Å². The monoisotopic (exact) mass is 786 g/mol. The third kappa shape index (κ3) is 4.71. The van der Waals surface area contributed by atoms with Crippen LogP contribution in [-0.4, -0.2) is 23.4 Å². The van der Waals surface area contributed by atoms with Crippen LogP contribution >= 0.6 is 63.7 Å². The van der Waals surface area contributed by atoms with Crippen LogP contribution in [0, 0.1) is 0 Å². The van der Waals surface area contributed by atoms with Gasteiger partial charge in [-0.2, -0.15) is 0 Å². The van der Waals surface area contributed by atoms with Gasteiger partial charge in [-0.1, -0.05) is 88.0 Å². The smallest absolute Gasteiger partial charge is 0.0431 e. The second-order valence-corrected chi connectivity index (χ2v) is 14.7. The van der Waals surface area contributed by atoms with Gasteiger partial charge in [0.2, 0.25) is 0 Å². The molecule has 0 bridgehead atoms. The van der Waals surface area contributed by atoms with E-state index in [1.165, 1.54) is 44.5 Å². The molecule has 2 N–H and O–H groups in total. The lowest BCUT2D eigenvalue weighted by molar-refractivity contribution is 0.249. The molecule has 2 aliphatic rings. The molecule has 0 fully saturated rings. The quantitative estimate of drug-likeness (QED) is 0.177. The first-order chi connectivity index (χ1) is 19.3. The number of fused-ring (bicyclic) bond motifs is 6. The van der Waals surface area contributed by atoms with Crippen LogP contribution in [0.15, 0.2) is 90.7 Å². The second-order valence-electron chi connectivity index (χ2n) is 11.1. The van der Waals surface area contributed by atoms with E-state index < -0.39 is 0 Å². The number of benzene rings is 4. The fourth-order valence-corrected chi connectivity index (χ4v) is 8.84. The summed E-state index contributed by atoms with van der Waals surface area (Å²) in [5, 5.41) is 20.1. The Bertz CT molecular complexity index is 1370. The number of aliphatic hydroxyl groups is 2. The van der Waals surface area contributed by atoms with Crippen LogP contribution in [-0.2, 0) is 10.8 Å². The van der Waals surface area contributed by atoms with Gasteiger partial charge in [0.05, 0.1) is 0 Å². The Hall–Kier alpha value is -1.28. The highest BCUT2D eigenvalue weighted by Crippen LogP contribution is 2.60. The normalized spacial score (nSPS) is 15.4. The maximum absolute atomic E-state index is 10.1. The molecule has 2 nitrogen and oxygen atoms in total. The van der Waals surface area contributed by atoms with Gasteiger partial charge in [-0.25, -0.2) is 0 Å². The largest absolute Gasteiger partial charge is 0.396 e. The van der Waals surface area contributed by atoms with E-state index in [1.807, 2.05) is 0 Å². The number of halogens is 4. The minimum Gasteiger partial charge on any atom is -0.396 e. The summed E-state index contributed by atoms with van der Waals surface area (Å²) in [7, 11) is 0. The van der Waals surface area contributed by atoms with E-state index >= 15 is 0 Å². The number of aliphatic hydroxyl groups excluding tert-OH is 2. The Labute approximate surface area is 269 Å².